The van der Waals surface area contributed by atoms with Crippen molar-refractivity contribution in [2.24, 2.45) is 5.10 Å². The molecule has 8 heteroatoms. The number of hydrogen-bond acceptors (Lipinski definition) is 5. The van der Waals surface area contributed by atoms with E-state index in [1.807, 2.05) is 41.9 Å². The molecular weight excluding hydrogens is 396 g/mol. The number of nitrogens with zero attached hydrogens (tertiary/aromatic N) is 3. The van der Waals surface area contributed by atoms with Gasteiger partial charge in [-0.3, -0.25) is 0 Å². The average molecular weight is 425 g/mol. The Morgan fingerprint density at radius 3 is 2.70 bits per heavy atom. The second-order valence-corrected chi connectivity index (χ2v) is 7.74. The van der Waals surface area contributed by atoms with E-state index in [1.165, 1.54) is 5.56 Å². The van der Waals surface area contributed by atoms with Crippen molar-refractivity contribution in [1.82, 2.24) is 20.5 Å². The van der Waals surface area contributed by atoms with Crippen LogP contribution in [0.4, 0.5) is 10.5 Å². The number of urea groups is 1. The average Bonchev–Trinajstić information content (AvgIpc) is 3.30. The lowest BCUT2D eigenvalue weighted by molar-refractivity contribution is 0.252. The standard InChI is InChI=1S/C22H28N6OS/c1-3-14-24-22(29)25-18-10-8-17(9-11-18)6-4-15-28-21(26-23-2)13-12-19(27-28)20-7-5-16-30-20/h5,7-13,16,23H,3-4,6,14-15H2,1-2H3,(H2,24,25,29)/b26-21-. The molecule has 0 aliphatic carbocycles. The van der Waals surface area contributed by atoms with E-state index in [0.717, 1.165) is 47.6 Å². The number of anilines is 1. The maximum absolute atomic E-state index is 11.7. The van der Waals surface area contributed by atoms with Crippen LogP contribution in [-0.4, -0.2) is 29.4 Å². The highest BCUT2D eigenvalue weighted by Crippen LogP contribution is 2.21. The van der Waals surface area contributed by atoms with Crippen LogP contribution >= 0.6 is 11.3 Å². The highest BCUT2D eigenvalue weighted by Gasteiger charge is 2.05. The van der Waals surface area contributed by atoms with E-state index in [9.17, 15) is 4.79 Å². The van der Waals surface area contributed by atoms with Gasteiger partial charge in [-0.2, -0.15) is 10.2 Å². The predicted octanol–water partition coefficient (Wildman–Crippen LogP) is 3.81. The summed E-state index contributed by atoms with van der Waals surface area (Å²) >= 11 is 1.68. The van der Waals surface area contributed by atoms with E-state index in [1.54, 1.807) is 18.4 Å². The highest BCUT2D eigenvalue weighted by molar-refractivity contribution is 7.13. The Morgan fingerprint density at radius 2 is 2.00 bits per heavy atom. The first kappa shape index (κ1) is 21.6. The second-order valence-electron chi connectivity index (χ2n) is 6.79. The molecule has 0 saturated carbocycles. The van der Waals surface area contributed by atoms with E-state index >= 15 is 0 Å². The molecule has 3 aromatic rings. The number of aromatic nitrogens is 2. The summed E-state index contributed by atoms with van der Waals surface area (Å²) in [7, 11) is 1.79. The number of carbonyl (C=O) groups excluding carboxylic acids is 1. The molecule has 0 unspecified atom stereocenters. The zero-order chi connectivity index (χ0) is 21.2. The van der Waals surface area contributed by atoms with Gasteiger partial charge in [-0.1, -0.05) is 25.1 Å². The fourth-order valence-electron chi connectivity index (χ4n) is 2.99. The van der Waals surface area contributed by atoms with Gasteiger partial charge in [-0.05, 0) is 60.5 Å². The largest absolute Gasteiger partial charge is 0.338 e. The molecule has 2 amide bonds. The van der Waals surface area contributed by atoms with Crippen molar-refractivity contribution in [1.29, 1.82) is 0 Å². The molecule has 2 aromatic heterocycles. The molecule has 0 fully saturated rings. The number of carbonyl (C=O) groups is 1. The fourth-order valence-corrected chi connectivity index (χ4v) is 3.68. The first-order valence-corrected chi connectivity index (χ1v) is 11.0. The van der Waals surface area contributed by atoms with Gasteiger partial charge >= 0.3 is 6.03 Å². The molecule has 0 aliphatic rings. The normalized spacial score (nSPS) is 11.3. The summed E-state index contributed by atoms with van der Waals surface area (Å²) in [6.07, 6.45) is 2.76. The molecule has 30 heavy (non-hydrogen) atoms. The molecule has 1 aromatic carbocycles. The van der Waals surface area contributed by atoms with Crippen LogP contribution in [0.3, 0.4) is 0 Å². The van der Waals surface area contributed by atoms with Gasteiger partial charge in [0.25, 0.3) is 0 Å². The van der Waals surface area contributed by atoms with Crippen molar-refractivity contribution in [3.8, 4) is 10.6 Å². The first-order valence-electron chi connectivity index (χ1n) is 10.2. The van der Waals surface area contributed by atoms with E-state index in [2.05, 4.69) is 44.7 Å². The fraction of sp³-hybridized carbons (Fsp3) is 0.318. The SMILES string of the molecule is CCCNC(=O)Nc1ccc(CCCn2nc(-c3cccs3)cc/c2=N/NC)cc1. The maximum Gasteiger partial charge on any atom is 0.319 e. The minimum Gasteiger partial charge on any atom is -0.338 e. The Labute approximate surface area is 180 Å². The number of amides is 2. The number of aryl methyl sites for hydroxylation is 2. The van der Waals surface area contributed by atoms with Gasteiger partial charge in [0, 0.05) is 25.8 Å². The smallest absolute Gasteiger partial charge is 0.319 e. The van der Waals surface area contributed by atoms with Crippen molar-refractivity contribution >= 4 is 23.1 Å². The number of rotatable bonds is 9. The Kier molecular flexibility index (Phi) is 8.02. The summed E-state index contributed by atoms with van der Waals surface area (Å²) < 4.78 is 1.94. The summed E-state index contributed by atoms with van der Waals surface area (Å²) in [4.78, 5) is 12.9. The molecule has 3 N–H and O–H groups in total. The monoisotopic (exact) mass is 424 g/mol. The molecule has 3 rings (SSSR count). The van der Waals surface area contributed by atoms with E-state index in [4.69, 9.17) is 5.10 Å². The molecular formula is C22H28N6OS. The van der Waals surface area contributed by atoms with Crippen LogP contribution in [0.15, 0.2) is 59.0 Å². The zero-order valence-electron chi connectivity index (χ0n) is 17.4. The highest BCUT2D eigenvalue weighted by atomic mass is 32.1. The third-order valence-electron chi connectivity index (χ3n) is 4.47. The summed E-state index contributed by atoms with van der Waals surface area (Å²) in [6.45, 7) is 3.46. The topological polar surface area (TPSA) is 83.3 Å². The van der Waals surface area contributed by atoms with Crippen LogP contribution < -0.4 is 21.5 Å². The van der Waals surface area contributed by atoms with Crippen LogP contribution in [-0.2, 0) is 13.0 Å². The lowest BCUT2D eigenvalue weighted by atomic mass is 10.1. The van der Waals surface area contributed by atoms with Gasteiger partial charge in [0.2, 0.25) is 0 Å². The van der Waals surface area contributed by atoms with Crippen LogP contribution in [0, 0.1) is 0 Å². The van der Waals surface area contributed by atoms with Crippen LogP contribution in [0.2, 0.25) is 0 Å². The van der Waals surface area contributed by atoms with E-state index in [0.29, 0.717) is 6.54 Å². The van der Waals surface area contributed by atoms with E-state index < -0.39 is 0 Å². The summed E-state index contributed by atoms with van der Waals surface area (Å²) in [6, 6.07) is 15.9. The molecule has 158 valence electrons. The quantitative estimate of drug-likeness (QED) is 0.457. The Morgan fingerprint density at radius 1 is 1.17 bits per heavy atom. The predicted molar refractivity (Wildman–Crippen MR) is 122 cm³/mol. The summed E-state index contributed by atoms with van der Waals surface area (Å²) in [5.74, 6) is 0. The first-order chi connectivity index (χ1) is 14.7. The van der Waals surface area contributed by atoms with Gasteiger partial charge in [-0.25, -0.2) is 9.48 Å². The lowest BCUT2D eigenvalue weighted by Crippen LogP contribution is -2.29. The minimum atomic E-state index is -0.168. The molecule has 0 aliphatic heterocycles. The summed E-state index contributed by atoms with van der Waals surface area (Å²) in [5.41, 5.74) is 6.62. The number of nitrogens with one attached hydrogen (secondary N) is 3. The van der Waals surface area contributed by atoms with Crippen LogP contribution in [0.1, 0.15) is 25.3 Å². The molecule has 0 spiro atoms. The Balaban J connectivity index is 1.60. The molecule has 7 nitrogen and oxygen atoms in total. The van der Waals surface area contributed by atoms with Crippen LogP contribution in [0.5, 0.6) is 0 Å². The molecule has 0 radical (unpaired) electrons. The van der Waals surface area contributed by atoms with Gasteiger partial charge in [-0.15, -0.1) is 11.3 Å². The third kappa shape index (κ3) is 6.18. The van der Waals surface area contributed by atoms with Gasteiger partial charge < -0.3 is 16.1 Å². The second kappa shape index (κ2) is 11.2. The third-order valence-corrected chi connectivity index (χ3v) is 5.36. The van der Waals surface area contributed by atoms with Crippen molar-refractivity contribution in [3.05, 3.63) is 65.0 Å². The number of benzene rings is 1. The maximum atomic E-state index is 11.7. The Hall–Kier alpha value is -3.13. The number of thiophene rings is 1. The molecule has 0 atom stereocenters. The van der Waals surface area contributed by atoms with Crippen LogP contribution in [0.25, 0.3) is 10.6 Å². The van der Waals surface area contributed by atoms with E-state index in [-0.39, 0.29) is 6.03 Å². The van der Waals surface area contributed by atoms with Gasteiger partial charge in [0.05, 0.1) is 4.88 Å². The number of hydrogen-bond donors (Lipinski definition) is 3. The van der Waals surface area contributed by atoms with Crippen molar-refractivity contribution < 1.29 is 4.79 Å². The van der Waals surface area contributed by atoms with Gasteiger partial charge in [0.15, 0.2) is 5.49 Å². The van der Waals surface area contributed by atoms with Crippen molar-refractivity contribution in [2.45, 2.75) is 32.7 Å². The van der Waals surface area contributed by atoms with Crippen molar-refractivity contribution in [2.75, 3.05) is 18.9 Å². The summed E-state index contributed by atoms with van der Waals surface area (Å²) in [5, 5.41) is 16.8. The van der Waals surface area contributed by atoms with Gasteiger partial charge in [0.1, 0.15) is 5.69 Å². The molecule has 2 heterocycles. The minimum absolute atomic E-state index is 0.168. The van der Waals surface area contributed by atoms with Crippen molar-refractivity contribution in [3.63, 3.8) is 0 Å². The molecule has 0 saturated heterocycles. The lowest BCUT2D eigenvalue weighted by Gasteiger charge is -2.10. The molecule has 0 bridgehead atoms. The Bertz CT molecular complexity index is 995. The zero-order valence-corrected chi connectivity index (χ0v) is 18.2.